The molecule has 3 heterocycles. The van der Waals surface area contributed by atoms with E-state index < -0.39 is 54.9 Å². The molecule has 0 radical (unpaired) electrons. The van der Waals surface area contributed by atoms with Crippen molar-refractivity contribution in [2.45, 2.75) is 41.7 Å². The van der Waals surface area contributed by atoms with Crippen molar-refractivity contribution in [2.24, 2.45) is 0 Å². The van der Waals surface area contributed by atoms with Gasteiger partial charge < -0.3 is 44.5 Å². The molecule has 0 saturated carbocycles. The van der Waals surface area contributed by atoms with Crippen LogP contribution in [0.2, 0.25) is 0 Å². The first-order chi connectivity index (χ1) is 10.9. The van der Waals surface area contributed by atoms with Crippen molar-refractivity contribution in [3.8, 4) is 0 Å². The highest BCUT2D eigenvalue weighted by atomic mass is 16.6. The van der Waals surface area contributed by atoms with Gasteiger partial charge in [0.05, 0.1) is 26.1 Å². The Morgan fingerprint density at radius 1 is 1.17 bits per heavy atom. The summed E-state index contributed by atoms with van der Waals surface area (Å²) in [5.41, 5.74) is -3.78. The number of hydrogen-bond donors (Lipinski definition) is 6. The molecule has 0 bridgehead atoms. The Bertz CT molecular complexity index is 534. The van der Waals surface area contributed by atoms with E-state index in [9.17, 15) is 30.6 Å². The van der Waals surface area contributed by atoms with E-state index in [1.165, 1.54) is 18.4 Å². The summed E-state index contributed by atoms with van der Waals surface area (Å²) in [4.78, 5) is 0. The molecule has 0 aliphatic carbocycles. The maximum atomic E-state index is 10.5. The molecule has 3 rings (SSSR count). The summed E-state index contributed by atoms with van der Waals surface area (Å²) in [6, 6.07) is 2.98. The average Bonchev–Trinajstić information content (AvgIpc) is 3.17. The Kier molecular flexibility index (Phi) is 4.23. The molecule has 0 amide bonds. The van der Waals surface area contributed by atoms with Crippen LogP contribution >= 0.6 is 0 Å². The molecule has 2 unspecified atom stereocenters. The molecule has 2 saturated heterocycles. The van der Waals surface area contributed by atoms with E-state index >= 15 is 0 Å². The van der Waals surface area contributed by atoms with E-state index in [1.54, 1.807) is 0 Å². The summed E-state index contributed by atoms with van der Waals surface area (Å²) < 4.78 is 16.2. The summed E-state index contributed by atoms with van der Waals surface area (Å²) in [6.45, 7) is -1.50. The normalized spacial score (nSPS) is 47.8. The van der Waals surface area contributed by atoms with Crippen molar-refractivity contribution in [3.63, 3.8) is 0 Å². The number of rotatable bonds is 3. The lowest BCUT2D eigenvalue weighted by atomic mass is 9.77. The fourth-order valence-electron chi connectivity index (χ4n) is 3.17. The van der Waals surface area contributed by atoms with Gasteiger partial charge in [-0.25, -0.2) is 0 Å². The topological polar surface area (TPSA) is 153 Å². The molecule has 6 N–H and O–H groups in total. The van der Waals surface area contributed by atoms with Crippen LogP contribution in [0.15, 0.2) is 22.8 Å². The zero-order chi connectivity index (χ0) is 16.8. The number of aliphatic hydroxyl groups is 6. The van der Waals surface area contributed by atoms with Crippen LogP contribution in [-0.2, 0) is 15.1 Å². The van der Waals surface area contributed by atoms with Crippen LogP contribution in [0.1, 0.15) is 5.76 Å². The highest BCUT2D eigenvalue weighted by molar-refractivity contribution is 5.22. The molecule has 2 aliphatic heterocycles. The van der Waals surface area contributed by atoms with Gasteiger partial charge in [-0.1, -0.05) is 0 Å². The first-order valence-corrected chi connectivity index (χ1v) is 7.22. The van der Waals surface area contributed by atoms with Gasteiger partial charge >= 0.3 is 0 Å². The number of ether oxygens (including phenoxy) is 2. The Morgan fingerprint density at radius 3 is 2.48 bits per heavy atom. The molecule has 2 aliphatic rings. The molecule has 9 nitrogen and oxygen atoms in total. The fraction of sp³-hybridized carbons (Fsp3) is 0.714. The minimum Gasteiger partial charge on any atom is -0.466 e. The zero-order valence-electron chi connectivity index (χ0n) is 12.1. The lowest BCUT2D eigenvalue weighted by Crippen LogP contribution is -2.66. The Morgan fingerprint density at radius 2 is 1.91 bits per heavy atom. The summed E-state index contributed by atoms with van der Waals surface area (Å²) in [6.07, 6.45) is -6.24. The minimum atomic E-state index is -1.94. The van der Waals surface area contributed by atoms with Crippen molar-refractivity contribution in [3.05, 3.63) is 24.2 Å². The molecule has 1 aromatic rings. The van der Waals surface area contributed by atoms with Crippen LogP contribution in [-0.4, -0.2) is 86.6 Å². The SMILES string of the molecule is OCC1(O)COC([C@@]2(c3ccco3)OC[C@@H](O)[C@H](O)[C@@H]2O)[C@@H]1O. The van der Waals surface area contributed by atoms with Crippen molar-refractivity contribution in [2.75, 3.05) is 19.8 Å². The van der Waals surface area contributed by atoms with E-state index in [-0.39, 0.29) is 12.4 Å². The van der Waals surface area contributed by atoms with Crippen LogP contribution in [0.3, 0.4) is 0 Å². The Hall–Kier alpha value is -1.04. The van der Waals surface area contributed by atoms with Crippen LogP contribution in [0.4, 0.5) is 0 Å². The van der Waals surface area contributed by atoms with Crippen LogP contribution in [0.25, 0.3) is 0 Å². The second kappa shape index (κ2) is 5.80. The minimum absolute atomic E-state index is 0.0576. The second-order valence-corrected chi connectivity index (χ2v) is 6.02. The van der Waals surface area contributed by atoms with Gasteiger partial charge in [0, 0.05) is 0 Å². The van der Waals surface area contributed by atoms with Gasteiger partial charge in [-0.2, -0.15) is 0 Å². The summed E-state index contributed by atoms with van der Waals surface area (Å²) in [7, 11) is 0. The monoisotopic (exact) mass is 332 g/mol. The van der Waals surface area contributed by atoms with E-state index in [0.29, 0.717) is 0 Å². The largest absolute Gasteiger partial charge is 0.466 e. The first-order valence-electron chi connectivity index (χ1n) is 7.22. The first kappa shape index (κ1) is 16.8. The molecule has 9 heteroatoms. The van der Waals surface area contributed by atoms with E-state index in [4.69, 9.17) is 13.9 Å². The molecule has 2 fully saturated rings. The summed E-state index contributed by atoms with van der Waals surface area (Å²) in [5.74, 6) is 0.0576. The van der Waals surface area contributed by atoms with Crippen LogP contribution < -0.4 is 0 Å². The molecule has 130 valence electrons. The van der Waals surface area contributed by atoms with Crippen molar-refractivity contribution in [1.82, 2.24) is 0 Å². The average molecular weight is 332 g/mol. The number of aliphatic hydroxyl groups excluding tert-OH is 5. The predicted octanol–water partition coefficient (Wildman–Crippen LogP) is -2.93. The van der Waals surface area contributed by atoms with Gasteiger partial charge in [0.1, 0.15) is 41.9 Å². The third kappa shape index (κ3) is 2.32. The number of furan rings is 1. The van der Waals surface area contributed by atoms with Crippen LogP contribution in [0, 0.1) is 0 Å². The zero-order valence-corrected chi connectivity index (χ0v) is 12.1. The second-order valence-electron chi connectivity index (χ2n) is 6.02. The van der Waals surface area contributed by atoms with Gasteiger partial charge in [0.2, 0.25) is 0 Å². The predicted molar refractivity (Wildman–Crippen MR) is 72.1 cm³/mol. The van der Waals surface area contributed by atoms with E-state index in [1.807, 2.05) is 0 Å². The van der Waals surface area contributed by atoms with Gasteiger partial charge in [0.15, 0.2) is 5.60 Å². The molecule has 7 atom stereocenters. The molecule has 0 spiro atoms. The lowest BCUT2D eigenvalue weighted by molar-refractivity contribution is -0.288. The van der Waals surface area contributed by atoms with Gasteiger partial charge in [-0.05, 0) is 12.1 Å². The van der Waals surface area contributed by atoms with Crippen LogP contribution in [0.5, 0.6) is 0 Å². The maximum absolute atomic E-state index is 10.5. The Balaban J connectivity index is 2.05. The van der Waals surface area contributed by atoms with Crippen molar-refractivity contribution in [1.29, 1.82) is 0 Å². The standard InChI is InChI=1S/C14H20O9/c15-5-13(20)6-22-12(11(13)19)14(8-2-1-3-21-8)10(18)9(17)7(16)4-23-14/h1-3,7,9-12,15-20H,4-6H2/t7-,9+,10+,11+,12?,13?,14+/m1/s1. The van der Waals surface area contributed by atoms with E-state index in [0.717, 1.165) is 0 Å². The van der Waals surface area contributed by atoms with Gasteiger partial charge in [0.25, 0.3) is 0 Å². The third-order valence-electron chi connectivity index (χ3n) is 4.60. The summed E-state index contributed by atoms with van der Waals surface area (Å²) >= 11 is 0. The smallest absolute Gasteiger partial charge is 0.182 e. The van der Waals surface area contributed by atoms with Gasteiger partial charge in [-0.3, -0.25) is 0 Å². The molecule has 1 aromatic heterocycles. The molecular weight excluding hydrogens is 312 g/mol. The lowest BCUT2D eigenvalue weighted by Gasteiger charge is -2.47. The molecular formula is C14H20O9. The van der Waals surface area contributed by atoms with Crippen molar-refractivity contribution >= 4 is 0 Å². The highest BCUT2D eigenvalue weighted by Gasteiger charge is 2.65. The number of hydrogen-bond acceptors (Lipinski definition) is 9. The summed E-state index contributed by atoms with van der Waals surface area (Å²) in [5, 5.41) is 60.1. The third-order valence-corrected chi connectivity index (χ3v) is 4.60. The quantitative estimate of drug-likeness (QED) is 0.341. The van der Waals surface area contributed by atoms with E-state index in [2.05, 4.69) is 0 Å². The Labute approximate surface area is 131 Å². The fourth-order valence-corrected chi connectivity index (χ4v) is 3.17. The maximum Gasteiger partial charge on any atom is 0.182 e. The highest BCUT2D eigenvalue weighted by Crippen LogP contribution is 2.45. The van der Waals surface area contributed by atoms with Gasteiger partial charge in [-0.15, -0.1) is 0 Å². The van der Waals surface area contributed by atoms with Crippen molar-refractivity contribution < 1.29 is 44.5 Å². The molecule has 0 aromatic carbocycles. The molecule has 23 heavy (non-hydrogen) atoms.